The Morgan fingerprint density at radius 2 is 2.13 bits per heavy atom. The van der Waals surface area contributed by atoms with Crippen molar-refractivity contribution in [1.29, 1.82) is 0 Å². The maximum Gasteiger partial charge on any atom is 0.400 e. The second-order valence-electron chi connectivity index (χ2n) is 3.12. The summed E-state index contributed by atoms with van der Waals surface area (Å²) in [5, 5.41) is -0.0637. The van der Waals surface area contributed by atoms with Crippen LogP contribution in [0.2, 0.25) is 0 Å². The number of benzene rings is 1. The van der Waals surface area contributed by atoms with E-state index in [1.807, 2.05) is 6.07 Å². The molecule has 0 saturated heterocycles. The van der Waals surface area contributed by atoms with Gasteiger partial charge in [-0.2, -0.15) is 4.79 Å². The molecule has 1 heterocycles. The lowest BCUT2D eigenvalue weighted by molar-refractivity contribution is -0.0685. The van der Waals surface area contributed by atoms with Crippen LogP contribution in [0.1, 0.15) is 5.69 Å². The fourth-order valence-electron chi connectivity index (χ4n) is 1.37. The molecule has 74 valence electrons. The van der Waals surface area contributed by atoms with E-state index in [4.69, 9.17) is 5.53 Å². The van der Waals surface area contributed by atoms with Gasteiger partial charge in [-0.3, -0.25) is 4.79 Å². The summed E-state index contributed by atoms with van der Waals surface area (Å²) in [5.74, 6) is 0. The first kappa shape index (κ1) is 9.30. The van der Waals surface area contributed by atoms with Gasteiger partial charge >= 0.3 is 10.9 Å². The van der Waals surface area contributed by atoms with Gasteiger partial charge in [0, 0.05) is 0 Å². The number of H-pyrrole nitrogens is 1. The highest BCUT2D eigenvalue weighted by Gasteiger charge is 2.04. The maximum atomic E-state index is 11.5. The highest BCUT2D eigenvalue weighted by Crippen LogP contribution is 2.03. The molecule has 1 aromatic heterocycles. The molecule has 15 heavy (non-hydrogen) atoms. The number of rotatable bonds is 0. The zero-order chi connectivity index (χ0) is 10.8. The lowest BCUT2D eigenvalue weighted by atomic mass is 10.3. The highest BCUT2D eigenvalue weighted by molar-refractivity contribution is 5.72. The Morgan fingerprint density at radius 1 is 1.40 bits per heavy atom. The van der Waals surface area contributed by atoms with Crippen molar-refractivity contribution in [2.45, 2.75) is 6.92 Å². The third kappa shape index (κ3) is 1.56. The van der Waals surface area contributed by atoms with E-state index in [2.05, 4.69) is 14.8 Å². The van der Waals surface area contributed by atoms with Crippen molar-refractivity contribution in [3.63, 3.8) is 0 Å². The van der Waals surface area contributed by atoms with Crippen molar-refractivity contribution in [1.82, 2.24) is 9.97 Å². The molecule has 0 spiro atoms. The zero-order valence-corrected chi connectivity index (χ0v) is 8.06. The summed E-state index contributed by atoms with van der Waals surface area (Å²) in [6.07, 6.45) is 0. The van der Waals surface area contributed by atoms with Gasteiger partial charge in [-0.15, -0.1) is 0 Å². The number of hydrogen-bond donors (Lipinski definition) is 1. The Labute approximate surface area is 84.7 Å². The van der Waals surface area contributed by atoms with E-state index in [9.17, 15) is 4.79 Å². The molecule has 2 aromatic rings. The quantitative estimate of drug-likeness (QED) is 0.492. The van der Waals surface area contributed by atoms with Gasteiger partial charge in [0.05, 0.1) is 11.0 Å². The smallest absolute Gasteiger partial charge is 0.360 e. The van der Waals surface area contributed by atoms with Crippen LogP contribution in [0.3, 0.4) is 0 Å². The van der Waals surface area contributed by atoms with Crippen LogP contribution in [-0.4, -0.2) is 14.8 Å². The molecule has 0 fully saturated rings. The SMILES string of the molecule is Cc1nc2ccccc2[nH]c(=O)c1=[N+]=[N-]. The molecule has 0 saturated carbocycles. The van der Waals surface area contributed by atoms with Gasteiger partial charge in [0.1, 0.15) is 5.69 Å². The Kier molecular flexibility index (Phi) is 2.15. The Hall–Kier alpha value is -2.26. The van der Waals surface area contributed by atoms with Crippen molar-refractivity contribution >= 4 is 11.0 Å². The molecular weight excluding hydrogens is 192 g/mol. The van der Waals surface area contributed by atoms with Crippen LogP contribution in [0, 0.1) is 6.92 Å². The number of nitrogens with zero attached hydrogens (tertiary/aromatic N) is 3. The molecule has 0 atom stereocenters. The lowest BCUT2D eigenvalue weighted by Gasteiger charge is -1.87. The number of hydrogen-bond acceptors (Lipinski definition) is 2. The van der Waals surface area contributed by atoms with Crippen LogP contribution in [0.4, 0.5) is 0 Å². The second-order valence-corrected chi connectivity index (χ2v) is 3.12. The summed E-state index contributed by atoms with van der Waals surface area (Å²) in [7, 11) is 0. The highest BCUT2D eigenvalue weighted by atomic mass is 16.1. The van der Waals surface area contributed by atoms with Crippen LogP contribution in [0.25, 0.3) is 16.6 Å². The third-order valence-corrected chi connectivity index (χ3v) is 2.10. The topological polar surface area (TPSA) is 82.2 Å². The second kappa shape index (κ2) is 3.48. The number of para-hydroxylation sites is 2. The minimum Gasteiger partial charge on any atom is -0.360 e. The average molecular weight is 200 g/mol. The first-order valence-electron chi connectivity index (χ1n) is 4.40. The predicted molar refractivity (Wildman–Crippen MR) is 53.9 cm³/mol. The number of aromatic nitrogens is 2. The van der Waals surface area contributed by atoms with Crippen molar-refractivity contribution in [3.05, 3.63) is 51.2 Å². The number of nitrogens with one attached hydrogen (secondary N) is 1. The summed E-state index contributed by atoms with van der Waals surface area (Å²) >= 11 is 0. The van der Waals surface area contributed by atoms with E-state index in [0.29, 0.717) is 16.7 Å². The van der Waals surface area contributed by atoms with E-state index < -0.39 is 5.56 Å². The van der Waals surface area contributed by atoms with Gasteiger partial charge in [0.15, 0.2) is 0 Å². The van der Waals surface area contributed by atoms with Crippen LogP contribution >= 0.6 is 0 Å². The molecule has 0 aliphatic heterocycles. The summed E-state index contributed by atoms with van der Waals surface area (Å²) in [4.78, 5) is 21.3. The van der Waals surface area contributed by atoms with E-state index in [1.54, 1.807) is 25.1 Å². The molecule has 0 aliphatic rings. The molecule has 1 aromatic carbocycles. The molecule has 1 N–H and O–H groups in total. The van der Waals surface area contributed by atoms with Gasteiger partial charge in [0.25, 0.3) is 0 Å². The van der Waals surface area contributed by atoms with Crippen LogP contribution < -0.4 is 10.9 Å². The molecular formula is C10H8N4O. The molecule has 2 rings (SSSR count). The van der Waals surface area contributed by atoms with Crippen molar-refractivity contribution < 1.29 is 4.79 Å². The largest absolute Gasteiger partial charge is 0.400 e. The number of fused-ring (bicyclic) bond motifs is 1. The summed E-state index contributed by atoms with van der Waals surface area (Å²) in [6, 6.07) is 7.14. The van der Waals surface area contributed by atoms with E-state index in [-0.39, 0.29) is 5.36 Å². The summed E-state index contributed by atoms with van der Waals surface area (Å²) < 4.78 is 0. The van der Waals surface area contributed by atoms with Gasteiger partial charge in [-0.1, -0.05) is 12.1 Å². The number of aromatic amines is 1. The van der Waals surface area contributed by atoms with Crippen molar-refractivity contribution in [3.8, 4) is 0 Å². The molecule has 0 aliphatic carbocycles. The van der Waals surface area contributed by atoms with Gasteiger partial charge < -0.3 is 10.5 Å². The minimum atomic E-state index is -0.455. The van der Waals surface area contributed by atoms with Crippen LogP contribution in [0.15, 0.2) is 29.1 Å². The molecule has 5 nitrogen and oxygen atoms in total. The normalized spacial score (nSPS) is 9.93. The van der Waals surface area contributed by atoms with Crippen LogP contribution in [-0.2, 0) is 0 Å². The fourth-order valence-corrected chi connectivity index (χ4v) is 1.37. The Balaban J connectivity index is 3.16. The van der Waals surface area contributed by atoms with Crippen molar-refractivity contribution in [2.75, 3.05) is 0 Å². The number of aryl methyl sites for hydroxylation is 1. The van der Waals surface area contributed by atoms with E-state index in [1.165, 1.54) is 0 Å². The molecule has 0 amide bonds. The van der Waals surface area contributed by atoms with Gasteiger partial charge in [0.2, 0.25) is 0 Å². The first-order valence-corrected chi connectivity index (χ1v) is 4.40. The monoisotopic (exact) mass is 200 g/mol. The first-order chi connectivity index (χ1) is 7.22. The Morgan fingerprint density at radius 3 is 2.87 bits per heavy atom. The van der Waals surface area contributed by atoms with E-state index >= 15 is 0 Å². The standard InChI is InChI=1S/C10H8N4O/c1-6-9(14-11)10(15)13-8-5-3-2-4-7(8)12-6/h2-5H,1H3,(H,13,15). The molecule has 0 unspecified atom stereocenters. The van der Waals surface area contributed by atoms with Gasteiger partial charge in [-0.25, -0.2) is 4.98 Å². The molecule has 5 heteroatoms. The van der Waals surface area contributed by atoms with E-state index in [0.717, 1.165) is 0 Å². The summed E-state index contributed by atoms with van der Waals surface area (Å²) in [6.45, 7) is 1.62. The summed E-state index contributed by atoms with van der Waals surface area (Å²) in [5.41, 5.74) is 9.88. The third-order valence-electron chi connectivity index (χ3n) is 2.10. The van der Waals surface area contributed by atoms with Gasteiger partial charge in [-0.05, 0) is 19.1 Å². The fraction of sp³-hybridized carbons (Fsp3) is 0.100. The predicted octanol–water partition coefficient (Wildman–Crippen LogP) is 0.362. The maximum absolute atomic E-state index is 11.5. The lowest BCUT2D eigenvalue weighted by Crippen LogP contribution is -2.28. The molecule has 0 bridgehead atoms. The Bertz CT molecular complexity index is 668. The molecule has 0 radical (unpaired) electrons. The average Bonchev–Trinajstić information content (AvgIpc) is 2.33. The zero-order valence-electron chi connectivity index (χ0n) is 8.06. The van der Waals surface area contributed by atoms with Crippen LogP contribution in [0.5, 0.6) is 0 Å². The minimum absolute atomic E-state index is 0.0637. The van der Waals surface area contributed by atoms with Crippen molar-refractivity contribution in [2.24, 2.45) is 0 Å².